The highest BCUT2D eigenvalue weighted by molar-refractivity contribution is 7.12. The quantitative estimate of drug-likeness (QED) is 0.307. The van der Waals surface area contributed by atoms with Crippen LogP contribution in [-0.4, -0.2) is 43.8 Å². The van der Waals surface area contributed by atoms with Crippen molar-refractivity contribution in [3.63, 3.8) is 0 Å². The van der Waals surface area contributed by atoms with E-state index in [0.29, 0.717) is 27.6 Å². The normalized spacial score (nSPS) is 23.5. The molecule has 41 heavy (non-hydrogen) atoms. The second kappa shape index (κ2) is 9.45. The van der Waals surface area contributed by atoms with Gasteiger partial charge in [-0.15, -0.1) is 11.3 Å². The highest BCUT2D eigenvalue weighted by Crippen LogP contribution is 2.58. The number of ether oxygens (including phenoxy) is 2. The molecule has 1 fully saturated rings. The average Bonchev–Trinajstić information content (AvgIpc) is 3.73. The van der Waals surface area contributed by atoms with Gasteiger partial charge in [-0.3, -0.25) is 14.4 Å². The van der Waals surface area contributed by atoms with Crippen molar-refractivity contribution >= 4 is 46.3 Å². The lowest BCUT2D eigenvalue weighted by molar-refractivity contribution is -0.121. The maximum absolute atomic E-state index is 15.0. The number of carbonyl (C=O) groups excluding carboxylic acids is 3. The minimum absolute atomic E-state index is 0.204. The summed E-state index contributed by atoms with van der Waals surface area (Å²) >= 11 is 1.33. The number of nitrogens with zero attached hydrogens (tertiary/aromatic N) is 1. The smallest absolute Gasteiger partial charge is 0.238 e. The molecule has 1 saturated heterocycles. The van der Waals surface area contributed by atoms with Gasteiger partial charge in [0.15, 0.2) is 11.6 Å². The van der Waals surface area contributed by atoms with E-state index in [2.05, 4.69) is 5.32 Å². The van der Waals surface area contributed by atoms with Gasteiger partial charge >= 0.3 is 0 Å². The molecule has 0 saturated carbocycles. The summed E-state index contributed by atoms with van der Waals surface area (Å²) in [5.41, 5.74) is 1.94. The first-order chi connectivity index (χ1) is 20.0. The van der Waals surface area contributed by atoms with Gasteiger partial charge in [0.2, 0.25) is 5.91 Å². The van der Waals surface area contributed by atoms with Crippen molar-refractivity contribution in [2.75, 3.05) is 24.4 Å². The van der Waals surface area contributed by atoms with Gasteiger partial charge in [0.1, 0.15) is 23.0 Å². The molecule has 4 atom stereocenters. The second-order valence-corrected chi connectivity index (χ2v) is 11.3. The Bertz CT molecular complexity index is 1750. The molecule has 0 radical (unpaired) electrons. The molecule has 1 amide bonds. The van der Waals surface area contributed by atoms with E-state index in [-0.39, 0.29) is 23.0 Å². The average molecular weight is 563 g/mol. The number of anilines is 2. The summed E-state index contributed by atoms with van der Waals surface area (Å²) in [7, 11) is 3.02. The predicted octanol–water partition coefficient (Wildman–Crippen LogP) is 5.62. The van der Waals surface area contributed by atoms with Gasteiger partial charge in [-0.25, -0.2) is 0 Å². The molecule has 7 rings (SSSR count). The molecular weight excluding hydrogens is 536 g/mol. The first kappa shape index (κ1) is 25.3. The zero-order chi connectivity index (χ0) is 28.3. The molecule has 4 heterocycles. The summed E-state index contributed by atoms with van der Waals surface area (Å²) < 4.78 is 11.1. The number of fused-ring (bicyclic) bond motifs is 6. The van der Waals surface area contributed by atoms with Crippen LogP contribution in [0, 0.1) is 5.92 Å². The van der Waals surface area contributed by atoms with Gasteiger partial charge in [-0.1, -0.05) is 54.6 Å². The maximum Gasteiger partial charge on any atom is 0.238 e. The standard InChI is InChI=1S/C33H26N2O5S/c1-39-20-14-15-25(40-2)21(18-20)30(36)28-29(31(37)26-12-7-17-41-26)35-24-11-6-3-8-19(24)13-16-27(35)33(28)22-9-4-5-10-23(22)34-32(33)38/h3-18,27-29H,1-2H3,(H,34,38). The van der Waals surface area contributed by atoms with Crippen LogP contribution in [0.15, 0.2) is 90.3 Å². The van der Waals surface area contributed by atoms with Crippen LogP contribution in [0.2, 0.25) is 0 Å². The number of hydrogen-bond acceptors (Lipinski definition) is 7. The Morgan fingerprint density at radius 3 is 2.51 bits per heavy atom. The molecule has 3 aliphatic heterocycles. The topological polar surface area (TPSA) is 84.9 Å². The lowest BCUT2D eigenvalue weighted by Crippen LogP contribution is -2.51. The molecule has 3 aliphatic rings. The summed E-state index contributed by atoms with van der Waals surface area (Å²) in [6.07, 6.45) is 3.95. The lowest BCUT2D eigenvalue weighted by atomic mass is 9.64. The van der Waals surface area contributed by atoms with Crippen molar-refractivity contribution in [2.24, 2.45) is 5.92 Å². The highest BCUT2D eigenvalue weighted by Gasteiger charge is 2.70. The Hall–Kier alpha value is -4.69. The number of para-hydroxylation sites is 2. The zero-order valence-electron chi connectivity index (χ0n) is 22.4. The monoisotopic (exact) mass is 562 g/mol. The number of hydrogen-bond donors (Lipinski definition) is 1. The fourth-order valence-electron chi connectivity index (χ4n) is 6.86. The largest absolute Gasteiger partial charge is 0.497 e. The zero-order valence-corrected chi connectivity index (χ0v) is 23.2. The van der Waals surface area contributed by atoms with Gasteiger partial charge in [0, 0.05) is 11.4 Å². The van der Waals surface area contributed by atoms with Crippen molar-refractivity contribution in [2.45, 2.75) is 17.5 Å². The summed E-state index contributed by atoms with van der Waals surface area (Å²) in [5.74, 6) is -1.13. The van der Waals surface area contributed by atoms with Crippen LogP contribution >= 0.6 is 11.3 Å². The Morgan fingerprint density at radius 2 is 1.73 bits per heavy atom. The summed E-state index contributed by atoms with van der Waals surface area (Å²) in [4.78, 5) is 46.5. The van der Waals surface area contributed by atoms with E-state index in [1.165, 1.54) is 25.6 Å². The van der Waals surface area contributed by atoms with E-state index in [0.717, 1.165) is 11.3 Å². The minimum Gasteiger partial charge on any atom is -0.497 e. The Balaban J connectivity index is 1.55. The Kier molecular flexibility index (Phi) is 5.83. The van der Waals surface area contributed by atoms with Crippen LogP contribution in [0.25, 0.3) is 6.08 Å². The van der Waals surface area contributed by atoms with Crippen LogP contribution in [0.5, 0.6) is 11.5 Å². The Morgan fingerprint density at radius 1 is 0.927 bits per heavy atom. The highest BCUT2D eigenvalue weighted by atomic mass is 32.1. The third-order valence-electron chi connectivity index (χ3n) is 8.53. The fourth-order valence-corrected chi connectivity index (χ4v) is 7.56. The number of rotatable bonds is 6. The lowest BCUT2D eigenvalue weighted by Gasteiger charge is -2.37. The third kappa shape index (κ3) is 3.47. The number of nitrogens with one attached hydrogen (secondary N) is 1. The number of ketones is 2. The van der Waals surface area contributed by atoms with Crippen molar-refractivity contribution in [1.82, 2.24) is 0 Å². The van der Waals surface area contributed by atoms with E-state index < -0.39 is 23.4 Å². The third-order valence-corrected chi connectivity index (χ3v) is 9.41. The van der Waals surface area contributed by atoms with Crippen LogP contribution in [0.1, 0.15) is 31.2 Å². The molecule has 0 bridgehead atoms. The molecular formula is C33H26N2O5S. The van der Waals surface area contributed by atoms with Crippen molar-refractivity contribution in [3.8, 4) is 11.5 Å². The molecule has 7 nitrogen and oxygen atoms in total. The van der Waals surface area contributed by atoms with Crippen LogP contribution in [-0.2, 0) is 10.2 Å². The molecule has 0 aliphatic carbocycles. The van der Waals surface area contributed by atoms with Crippen LogP contribution in [0.4, 0.5) is 11.4 Å². The van der Waals surface area contributed by atoms with Crippen LogP contribution in [0.3, 0.4) is 0 Å². The molecule has 204 valence electrons. The maximum atomic E-state index is 15.0. The molecule has 4 unspecified atom stereocenters. The van der Waals surface area contributed by atoms with Crippen LogP contribution < -0.4 is 19.7 Å². The summed E-state index contributed by atoms with van der Waals surface area (Å²) in [5, 5.41) is 4.90. The van der Waals surface area contributed by atoms with Gasteiger partial charge in [-0.2, -0.15) is 0 Å². The number of Topliss-reactive ketones (excluding diaryl/α,β-unsaturated/α-hetero) is 2. The van der Waals surface area contributed by atoms with Gasteiger partial charge in [0.05, 0.1) is 36.6 Å². The molecule has 1 N–H and O–H groups in total. The van der Waals surface area contributed by atoms with E-state index in [1.54, 1.807) is 24.3 Å². The summed E-state index contributed by atoms with van der Waals surface area (Å²) in [6.45, 7) is 0. The Labute approximate surface area is 241 Å². The first-order valence-corrected chi connectivity index (χ1v) is 14.2. The molecule has 1 aromatic heterocycles. The number of methoxy groups -OCH3 is 2. The molecule has 4 aromatic rings. The van der Waals surface area contributed by atoms with E-state index in [9.17, 15) is 9.59 Å². The fraction of sp³-hybridized carbons (Fsp3) is 0.182. The minimum atomic E-state index is -1.39. The van der Waals surface area contributed by atoms with Gasteiger partial charge in [0.25, 0.3) is 0 Å². The molecule has 1 spiro atoms. The van der Waals surface area contributed by atoms with Gasteiger partial charge < -0.3 is 19.7 Å². The number of benzene rings is 3. The van der Waals surface area contributed by atoms with E-state index in [4.69, 9.17) is 9.47 Å². The van der Waals surface area contributed by atoms with Crippen molar-refractivity contribution in [3.05, 3.63) is 112 Å². The number of amides is 1. The van der Waals surface area contributed by atoms with Gasteiger partial charge in [-0.05, 0) is 52.9 Å². The van der Waals surface area contributed by atoms with Crippen molar-refractivity contribution < 1.29 is 23.9 Å². The van der Waals surface area contributed by atoms with E-state index >= 15 is 4.79 Å². The summed E-state index contributed by atoms with van der Waals surface area (Å²) in [6, 6.07) is 22.3. The molecule has 3 aromatic carbocycles. The predicted molar refractivity (Wildman–Crippen MR) is 158 cm³/mol. The second-order valence-electron chi connectivity index (χ2n) is 10.3. The first-order valence-electron chi connectivity index (χ1n) is 13.3. The number of thiophene rings is 1. The molecule has 8 heteroatoms. The van der Waals surface area contributed by atoms with Crippen molar-refractivity contribution in [1.29, 1.82) is 0 Å². The van der Waals surface area contributed by atoms with E-state index in [1.807, 2.05) is 77.0 Å². The SMILES string of the molecule is COc1ccc(OC)c(C(=O)C2C(C(=O)c3cccs3)N3c4ccccc4C=CC3C23C(=O)Nc2ccccc23)c1. The number of carbonyl (C=O) groups is 3.